The fourth-order valence-electron chi connectivity index (χ4n) is 2.56. The van der Waals surface area contributed by atoms with Gasteiger partial charge in [-0.3, -0.25) is 14.4 Å². The van der Waals surface area contributed by atoms with Gasteiger partial charge in [-0.15, -0.1) is 0 Å². The number of carbonyl (C=O) groups excluding carboxylic acids is 3. The molecule has 0 aliphatic rings. The van der Waals surface area contributed by atoms with Crippen LogP contribution in [0.2, 0.25) is 0 Å². The lowest BCUT2D eigenvalue weighted by Crippen LogP contribution is -2.36. The lowest BCUT2D eigenvalue weighted by molar-refractivity contribution is -0.145. The second-order valence-electron chi connectivity index (χ2n) is 6.52. The molecule has 2 aromatic carbocycles. The van der Waals surface area contributed by atoms with Gasteiger partial charge < -0.3 is 9.47 Å². The smallest absolute Gasteiger partial charge is 0.308 e. The molecule has 0 atom stereocenters. The van der Waals surface area contributed by atoms with Gasteiger partial charge in [-0.1, -0.05) is 54.6 Å². The van der Waals surface area contributed by atoms with Crippen LogP contribution in [0.3, 0.4) is 0 Å². The van der Waals surface area contributed by atoms with E-state index in [0.717, 1.165) is 0 Å². The zero-order valence-electron chi connectivity index (χ0n) is 15.9. The number of rotatable bonds is 9. The van der Waals surface area contributed by atoms with Crippen LogP contribution in [0.15, 0.2) is 54.6 Å². The van der Waals surface area contributed by atoms with E-state index in [1.54, 1.807) is 69.3 Å². The number of carbonyl (C=O) groups is 3. The van der Waals surface area contributed by atoms with E-state index >= 15 is 0 Å². The van der Waals surface area contributed by atoms with Crippen molar-refractivity contribution < 1.29 is 23.9 Å². The van der Waals surface area contributed by atoms with E-state index < -0.39 is 5.60 Å². The van der Waals surface area contributed by atoms with Crippen molar-refractivity contribution in [2.75, 3.05) is 13.2 Å². The van der Waals surface area contributed by atoms with E-state index in [4.69, 9.17) is 9.47 Å². The standard InChI is InChI=1S/C22H24O5/c1-4-26-19(23)14-15-27-22(2,3)21(25)18-12-10-17(11-13-18)20(24)16-8-6-5-7-9-16/h5-13H,4,14-15H2,1-3H3. The van der Waals surface area contributed by atoms with E-state index in [1.807, 2.05) is 6.07 Å². The highest BCUT2D eigenvalue weighted by atomic mass is 16.5. The minimum absolute atomic E-state index is 0.0923. The highest BCUT2D eigenvalue weighted by Crippen LogP contribution is 2.19. The lowest BCUT2D eigenvalue weighted by atomic mass is 9.94. The Kier molecular flexibility index (Phi) is 7.02. The average Bonchev–Trinajstić information content (AvgIpc) is 2.67. The van der Waals surface area contributed by atoms with Crippen LogP contribution < -0.4 is 0 Å². The molecule has 0 amide bonds. The number of Topliss-reactive ketones (excluding diaryl/α,β-unsaturated/α-hetero) is 1. The Bertz CT molecular complexity index is 791. The summed E-state index contributed by atoms with van der Waals surface area (Å²) in [6, 6.07) is 15.5. The van der Waals surface area contributed by atoms with Gasteiger partial charge in [0.2, 0.25) is 0 Å². The van der Waals surface area contributed by atoms with Crippen molar-refractivity contribution >= 4 is 17.5 Å². The zero-order valence-corrected chi connectivity index (χ0v) is 15.9. The van der Waals surface area contributed by atoms with Crippen LogP contribution in [0.1, 0.15) is 53.5 Å². The van der Waals surface area contributed by atoms with Gasteiger partial charge >= 0.3 is 5.97 Å². The molecule has 0 saturated heterocycles. The first-order valence-corrected chi connectivity index (χ1v) is 8.89. The van der Waals surface area contributed by atoms with E-state index in [-0.39, 0.29) is 30.6 Å². The van der Waals surface area contributed by atoms with Gasteiger partial charge in [0.25, 0.3) is 0 Å². The van der Waals surface area contributed by atoms with Crippen molar-refractivity contribution in [2.24, 2.45) is 0 Å². The Balaban J connectivity index is 2.01. The largest absolute Gasteiger partial charge is 0.466 e. The summed E-state index contributed by atoms with van der Waals surface area (Å²) in [5.74, 6) is -0.672. The fourth-order valence-corrected chi connectivity index (χ4v) is 2.56. The molecule has 0 spiro atoms. The summed E-state index contributed by atoms with van der Waals surface area (Å²) in [5, 5.41) is 0. The summed E-state index contributed by atoms with van der Waals surface area (Å²) < 4.78 is 10.4. The first-order valence-electron chi connectivity index (χ1n) is 8.89. The molecule has 0 saturated carbocycles. The number of benzene rings is 2. The summed E-state index contributed by atoms with van der Waals surface area (Å²) in [5.41, 5.74) is 0.469. The van der Waals surface area contributed by atoms with Crippen molar-refractivity contribution in [3.63, 3.8) is 0 Å². The Morgan fingerprint density at radius 3 is 2.00 bits per heavy atom. The van der Waals surface area contributed by atoms with Crippen LogP contribution in [-0.2, 0) is 14.3 Å². The topological polar surface area (TPSA) is 69.7 Å². The van der Waals surface area contributed by atoms with Crippen molar-refractivity contribution in [3.05, 3.63) is 71.3 Å². The minimum atomic E-state index is -1.09. The molecule has 0 aromatic heterocycles. The van der Waals surface area contributed by atoms with Gasteiger partial charge in [0.15, 0.2) is 11.6 Å². The summed E-state index contributed by atoms with van der Waals surface area (Å²) >= 11 is 0. The quantitative estimate of drug-likeness (QED) is 0.497. The molecule has 27 heavy (non-hydrogen) atoms. The second-order valence-corrected chi connectivity index (χ2v) is 6.52. The molecule has 0 radical (unpaired) electrons. The number of hydrogen-bond acceptors (Lipinski definition) is 5. The third kappa shape index (κ3) is 5.59. The summed E-state index contributed by atoms with van der Waals surface area (Å²) in [6.07, 6.45) is 0.0923. The molecule has 2 rings (SSSR count). The molecular weight excluding hydrogens is 344 g/mol. The van der Waals surface area contributed by atoms with E-state index in [1.165, 1.54) is 0 Å². The van der Waals surface area contributed by atoms with Crippen molar-refractivity contribution in [2.45, 2.75) is 32.8 Å². The van der Waals surface area contributed by atoms with Crippen molar-refractivity contribution in [1.82, 2.24) is 0 Å². The molecular formula is C22H24O5. The van der Waals surface area contributed by atoms with Crippen LogP contribution in [0, 0.1) is 0 Å². The van der Waals surface area contributed by atoms with Crippen molar-refractivity contribution in [1.29, 1.82) is 0 Å². The molecule has 0 fully saturated rings. The van der Waals surface area contributed by atoms with Crippen LogP contribution >= 0.6 is 0 Å². The maximum atomic E-state index is 12.7. The Morgan fingerprint density at radius 2 is 1.41 bits per heavy atom. The van der Waals surface area contributed by atoms with Crippen LogP contribution in [0.5, 0.6) is 0 Å². The van der Waals surface area contributed by atoms with Crippen LogP contribution in [0.4, 0.5) is 0 Å². The monoisotopic (exact) mass is 368 g/mol. The number of ketones is 2. The predicted molar refractivity (Wildman–Crippen MR) is 102 cm³/mol. The third-order valence-corrected chi connectivity index (χ3v) is 4.07. The third-order valence-electron chi connectivity index (χ3n) is 4.07. The molecule has 0 aliphatic carbocycles. The zero-order chi connectivity index (χ0) is 19.9. The summed E-state index contributed by atoms with van der Waals surface area (Å²) in [4.78, 5) is 36.5. The Morgan fingerprint density at radius 1 is 0.852 bits per heavy atom. The maximum Gasteiger partial charge on any atom is 0.308 e. The van der Waals surface area contributed by atoms with E-state index in [0.29, 0.717) is 23.3 Å². The van der Waals surface area contributed by atoms with Crippen molar-refractivity contribution in [3.8, 4) is 0 Å². The molecule has 0 unspecified atom stereocenters. The average molecular weight is 368 g/mol. The summed E-state index contributed by atoms with van der Waals surface area (Å²) in [7, 11) is 0. The first-order chi connectivity index (χ1) is 12.8. The lowest BCUT2D eigenvalue weighted by Gasteiger charge is -2.23. The minimum Gasteiger partial charge on any atom is -0.466 e. The molecule has 5 heteroatoms. The number of ether oxygens (including phenoxy) is 2. The maximum absolute atomic E-state index is 12.7. The van der Waals surface area contributed by atoms with Gasteiger partial charge in [0, 0.05) is 16.7 Å². The highest BCUT2D eigenvalue weighted by molar-refractivity contribution is 6.09. The molecule has 0 bridgehead atoms. The van der Waals surface area contributed by atoms with Gasteiger partial charge in [-0.2, -0.15) is 0 Å². The molecule has 142 valence electrons. The number of esters is 1. The SMILES string of the molecule is CCOC(=O)CCOC(C)(C)C(=O)c1ccc(C(=O)c2ccccc2)cc1. The van der Waals surface area contributed by atoms with Gasteiger partial charge in [-0.05, 0) is 20.8 Å². The first kappa shape index (κ1) is 20.5. The molecule has 0 heterocycles. The van der Waals surface area contributed by atoms with Crippen LogP contribution in [0.25, 0.3) is 0 Å². The van der Waals surface area contributed by atoms with Crippen LogP contribution in [-0.4, -0.2) is 36.4 Å². The van der Waals surface area contributed by atoms with E-state index in [9.17, 15) is 14.4 Å². The second kappa shape index (κ2) is 9.24. The van der Waals surface area contributed by atoms with Gasteiger partial charge in [0.05, 0.1) is 19.6 Å². The molecule has 0 N–H and O–H groups in total. The highest BCUT2D eigenvalue weighted by Gasteiger charge is 2.29. The molecule has 5 nitrogen and oxygen atoms in total. The fraction of sp³-hybridized carbons (Fsp3) is 0.318. The van der Waals surface area contributed by atoms with E-state index in [2.05, 4.69) is 0 Å². The normalized spacial score (nSPS) is 11.1. The van der Waals surface area contributed by atoms with Gasteiger partial charge in [-0.25, -0.2) is 0 Å². The Labute approximate surface area is 159 Å². The predicted octanol–water partition coefficient (Wildman–Crippen LogP) is 3.85. The Hall–Kier alpha value is -2.79. The number of hydrogen-bond donors (Lipinski definition) is 0. The van der Waals surface area contributed by atoms with Gasteiger partial charge in [0.1, 0.15) is 5.60 Å². The molecule has 2 aromatic rings. The molecule has 0 aliphatic heterocycles. The summed E-state index contributed by atoms with van der Waals surface area (Å²) in [6.45, 7) is 5.46.